The van der Waals surface area contributed by atoms with Crippen molar-refractivity contribution in [2.24, 2.45) is 11.3 Å². The molecular weight excluding hydrogens is 300 g/mol. The van der Waals surface area contributed by atoms with Crippen LogP contribution in [0.5, 0.6) is 0 Å². The zero-order chi connectivity index (χ0) is 16.4. The summed E-state index contributed by atoms with van der Waals surface area (Å²) < 4.78 is 5.94. The lowest BCUT2D eigenvalue weighted by atomic mass is 9.92. The third-order valence-corrected chi connectivity index (χ3v) is 6.11. The van der Waals surface area contributed by atoms with Crippen LogP contribution in [0.3, 0.4) is 0 Å². The molecule has 1 aromatic rings. The van der Waals surface area contributed by atoms with Gasteiger partial charge in [0.05, 0.1) is 12.7 Å². The number of carbonyl (C=O) groups excluding carboxylic acids is 1. The van der Waals surface area contributed by atoms with Crippen LogP contribution in [0.2, 0.25) is 0 Å². The topological polar surface area (TPSA) is 50.4 Å². The average Bonchev–Trinajstić information content (AvgIpc) is 3.06. The van der Waals surface area contributed by atoms with Crippen LogP contribution >= 0.6 is 0 Å². The summed E-state index contributed by atoms with van der Waals surface area (Å²) in [6.45, 7) is 2.79. The molecule has 1 atom stereocenters. The first-order valence-electron chi connectivity index (χ1n) is 9.47. The quantitative estimate of drug-likeness (QED) is 0.870. The minimum Gasteiger partial charge on any atom is -0.374 e. The van der Waals surface area contributed by atoms with Crippen molar-refractivity contribution in [1.82, 2.24) is 5.32 Å². The highest BCUT2D eigenvalue weighted by Gasteiger charge is 2.57. The van der Waals surface area contributed by atoms with Crippen LogP contribution in [-0.4, -0.2) is 25.1 Å². The van der Waals surface area contributed by atoms with Gasteiger partial charge in [0.2, 0.25) is 5.91 Å². The Morgan fingerprint density at radius 3 is 2.58 bits per heavy atom. The van der Waals surface area contributed by atoms with E-state index in [9.17, 15) is 4.79 Å². The Morgan fingerprint density at radius 1 is 1.17 bits per heavy atom. The summed E-state index contributed by atoms with van der Waals surface area (Å²) in [4.78, 5) is 12.5. The lowest BCUT2D eigenvalue weighted by molar-refractivity contribution is -0.118. The molecule has 0 aromatic heterocycles. The van der Waals surface area contributed by atoms with Crippen LogP contribution in [0.25, 0.3) is 0 Å². The van der Waals surface area contributed by atoms with E-state index in [2.05, 4.69) is 22.8 Å². The average molecular weight is 328 g/mol. The Bertz CT molecular complexity index is 572. The summed E-state index contributed by atoms with van der Waals surface area (Å²) in [5.74, 6) is 0.414. The second-order valence-corrected chi connectivity index (χ2v) is 7.77. The van der Waals surface area contributed by atoms with Crippen molar-refractivity contribution in [3.63, 3.8) is 0 Å². The number of benzene rings is 1. The van der Waals surface area contributed by atoms with Gasteiger partial charge in [0.15, 0.2) is 0 Å². The number of anilines is 1. The van der Waals surface area contributed by atoms with E-state index in [1.807, 2.05) is 12.1 Å². The molecule has 4 nitrogen and oxygen atoms in total. The van der Waals surface area contributed by atoms with Crippen LogP contribution < -0.4 is 10.6 Å². The molecule has 2 N–H and O–H groups in total. The number of carbonyl (C=O) groups is 1. The van der Waals surface area contributed by atoms with E-state index in [0.29, 0.717) is 18.1 Å². The molecule has 1 spiro atoms. The standard InChI is InChI=1S/C20H28N2O2/c23-19(18-13-20(18)9-11-21-12-10-20)22-16-7-5-15(6-8-16)14-24-17-3-1-2-4-17/h5-8,17-18,21H,1-4,9-14H2,(H,22,23). The van der Waals surface area contributed by atoms with Crippen LogP contribution in [0.4, 0.5) is 5.69 Å². The molecule has 3 fully saturated rings. The summed E-state index contributed by atoms with van der Waals surface area (Å²) in [7, 11) is 0. The first kappa shape index (κ1) is 16.1. The van der Waals surface area contributed by atoms with Crippen LogP contribution in [0, 0.1) is 11.3 Å². The summed E-state index contributed by atoms with van der Waals surface area (Å²) in [6, 6.07) is 8.14. The van der Waals surface area contributed by atoms with E-state index in [-0.39, 0.29) is 11.8 Å². The van der Waals surface area contributed by atoms with Gasteiger partial charge < -0.3 is 15.4 Å². The molecule has 1 aromatic carbocycles. The minimum atomic E-state index is 0.201. The summed E-state index contributed by atoms with van der Waals surface area (Å²) >= 11 is 0. The molecule has 1 aliphatic heterocycles. The molecule has 3 aliphatic rings. The van der Waals surface area contributed by atoms with Gasteiger partial charge in [-0.3, -0.25) is 4.79 Å². The fourth-order valence-corrected chi connectivity index (χ4v) is 4.38. The maximum atomic E-state index is 12.5. The Morgan fingerprint density at radius 2 is 1.88 bits per heavy atom. The smallest absolute Gasteiger partial charge is 0.228 e. The molecule has 1 heterocycles. The highest BCUT2D eigenvalue weighted by molar-refractivity contribution is 5.95. The van der Waals surface area contributed by atoms with Crippen LogP contribution in [0.15, 0.2) is 24.3 Å². The molecule has 1 saturated heterocycles. The molecule has 2 aliphatic carbocycles. The maximum absolute atomic E-state index is 12.5. The number of piperidine rings is 1. The Kier molecular flexibility index (Phi) is 4.59. The SMILES string of the molecule is O=C(Nc1ccc(COC2CCCC2)cc1)C1CC12CCNCC2. The third-order valence-electron chi connectivity index (χ3n) is 6.11. The Labute approximate surface area is 144 Å². The van der Waals surface area contributed by atoms with E-state index < -0.39 is 0 Å². The molecule has 0 radical (unpaired) electrons. The van der Waals surface area contributed by atoms with E-state index >= 15 is 0 Å². The van der Waals surface area contributed by atoms with Crippen molar-refractivity contribution in [3.05, 3.63) is 29.8 Å². The predicted octanol–water partition coefficient (Wildman–Crippen LogP) is 3.47. The van der Waals surface area contributed by atoms with Gasteiger partial charge in [0, 0.05) is 11.6 Å². The third kappa shape index (κ3) is 3.50. The van der Waals surface area contributed by atoms with E-state index in [1.165, 1.54) is 31.2 Å². The lowest BCUT2D eigenvalue weighted by Crippen LogP contribution is -2.31. The zero-order valence-corrected chi connectivity index (χ0v) is 14.4. The first-order chi connectivity index (χ1) is 11.8. The molecule has 2 saturated carbocycles. The number of ether oxygens (including phenoxy) is 1. The van der Waals surface area contributed by atoms with Gasteiger partial charge in [-0.1, -0.05) is 25.0 Å². The van der Waals surface area contributed by atoms with Crippen molar-refractivity contribution >= 4 is 11.6 Å². The van der Waals surface area contributed by atoms with Crippen LogP contribution in [-0.2, 0) is 16.1 Å². The molecule has 24 heavy (non-hydrogen) atoms. The van der Waals surface area contributed by atoms with E-state index in [0.717, 1.165) is 38.0 Å². The molecule has 130 valence electrons. The van der Waals surface area contributed by atoms with Crippen molar-refractivity contribution in [2.75, 3.05) is 18.4 Å². The lowest BCUT2D eigenvalue weighted by Gasteiger charge is -2.23. The number of nitrogens with one attached hydrogen (secondary N) is 2. The number of hydrogen-bond acceptors (Lipinski definition) is 3. The normalized spacial score (nSPS) is 25.8. The second kappa shape index (κ2) is 6.85. The van der Waals surface area contributed by atoms with Crippen LogP contribution in [0.1, 0.15) is 50.5 Å². The number of rotatable bonds is 5. The monoisotopic (exact) mass is 328 g/mol. The summed E-state index contributed by atoms with van der Waals surface area (Å²) in [6.07, 6.45) is 8.79. The zero-order valence-electron chi connectivity index (χ0n) is 14.4. The maximum Gasteiger partial charge on any atom is 0.228 e. The van der Waals surface area contributed by atoms with Crippen molar-refractivity contribution in [3.8, 4) is 0 Å². The van der Waals surface area contributed by atoms with E-state index in [1.54, 1.807) is 0 Å². The highest BCUT2D eigenvalue weighted by atomic mass is 16.5. The van der Waals surface area contributed by atoms with Gasteiger partial charge in [0.25, 0.3) is 0 Å². The second-order valence-electron chi connectivity index (χ2n) is 7.77. The van der Waals surface area contributed by atoms with Crippen molar-refractivity contribution in [2.45, 2.75) is 57.7 Å². The number of hydrogen-bond donors (Lipinski definition) is 2. The van der Waals surface area contributed by atoms with Crippen molar-refractivity contribution < 1.29 is 9.53 Å². The Balaban J connectivity index is 1.27. The Hall–Kier alpha value is -1.39. The van der Waals surface area contributed by atoms with Crippen molar-refractivity contribution in [1.29, 1.82) is 0 Å². The van der Waals surface area contributed by atoms with Gasteiger partial charge in [-0.15, -0.1) is 0 Å². The van der Waals surface area contributed by atoms with Gasteiger partial charge in [-0.05, 0) is 68.3 Å². The fourth-order valence-electron chi connectivity index (χ4n) is 4.38. The molecule has 1 unspecified atom stereocenters. The summed E-state index contributed by atoms with van der Waals surface area (Å²) in [5.41, 5.74) is 2.38. The highest BCUT2D eigenvalue weighted by Crippen LogP contribution is 2.58. The molecule has 0 bridgehead atoms. The van der Waals surface area contributed by atoms with Gasteiger partial charge in [-0.25, -0.2) is 0 Å². The molecule has 4 rings (SSSR count). The number of amides is 1. The minimum absolute atomic E-state index is 0.201. The molecular formula is C20H28N2O2. The first-order valence-corrected chi connectivity index (χ1v) is 9.47. The molecule has 1 amide bonds. The van der Waals surface area contributed by atoms with E-state index in [4.69, 9.17) is 4.74 Å². The van der Waals surface area contributed by atoms with Gasteiger partial charge in [-0.2, -0.15) is 0 Å². The molecule has 4 heteroatoms. The van der Waals surface area contributed by atoms with Gasteiger partial charge in [0.1, 0.15) is 0 Å². The summed E-state index contributed by atoms with van der Waals surface area (Å²) in [5, 5.41) is 6.48. The fraction of sp³-hybridized carbons (Fsp3) is 0.650. The van der Waals surface area contributed by atoms with Gasteiger partial charge >= 0.3 is 0 Å². The largest absolute Gasteiger partial charge is 0.374 e. The predicted molar refractivity (Wildman–Crippen MR) is 94.8 cm³/mol.